The molecule has 194 valence electrons. The van der Waals surface area contributed by atoms with Crippen molar-refractivity contribution in [3.8, 4) is 23.0 Å². The highest BCUT2D eigenvalue weighted by Gasteiger charge is 2.20. The number of hydrogen-bond donors (Lipinski definition) is 5. The molecule has 3 rings (SSSR count). The highest BCUT2D eigenvalue weighted by atomic mass is 32.2. The summed E-state index contributed by atoms with van der Waals surface area (Å²) in [6.07, 6.45) is 1.02. The van der Waals surface area contributed by atoms with E-state index >= 15 is 0 Å². The fourth-order valence-corrected chi connectivity index (χ4v) is 4.45. The quantitative estimate of drug-likeness (QED) is 0.232. The minimum atomic E-state index is -3.56. The zero-order valence-corrected chi connectivity index (χ0v) is 21.2. The van der Waals surface area contributed by atoms with Crippen molar-refractivity contribution in [1.29, 1.82) is 0 Å². The maximum atomic E-state index is 11.5. The Morgan fingerprint density at radius 2 is 1.53 bits per heavy atom. The normalized spacial score (nSPS) is 13.1. The molecule has 10 heteroatoms. The molecule has 1 unspecified atom stereocenters. The Labute approximate surface area is 211 Å². The molecule has 3 aromatic rings. The molecule has 5 N–H and O–H groups in total. The summed E-state index contributed by atoms with van der Waals surface area (Å²) in [5.74, 6) is 0.266. The van der Waals surface area contributed by atoms with Crippen LogP contribution < -0.4 is 19.5 Å². The van der Waals surface area contributed by atoms with Gasteiger partial charge in [-0.3, -0.25) is 4.72 Å². The second-order valence-electron chi connectivity index (χ2n) is 8.51. The van der Waals surface area contributed by atoms with Crippen molar-refractivity contribution >= 4 is 15.7 Å². The Hall–Kier alpha value is -3.47. The maximum absolute atomic E-state index is 11.5. The number of ether oxygens (including phenoxy) is 2. The number of aliphatic hydroxyl groups is 1. The molecular formula is C26H32N2O7S. The molecule has 9 nitrogen and oxygen atoms in total. The summed E-state index contributed by atoms with van der Waals surface area (Å²) in [7, 11) is -0.636. The number of methoxy groups -OCH3 is 2. The molecule has 0 aliphatic carbocycles. The molecule has 0 aliphatic heterocycles. The fraction of sp³-hybridized carbons (Fsp3) is 0.308. The van der Waals surface area contributed by atoms with E-state index in [9.17, 15) is 23.7 Å². The first-order valence-corrected chi connectivity index (χ1v) is 13.2. The van der Waals surface area contributed by atoms with E-state index in [0.717, 1.165) is 17.4 Å². The van der Waals surface area contributed by atoms with Crippen molar-refractivity contribution in [2.75, 3.05) is 31.7 Å². The largest absolute Gasteiger partial charge is 0.506 e. The number of nitrogens with one attached hydrogen (secondary N) is 2. The van der Waals surface area contributed by atoms with Crippen LogP contribution in [0, 0.1) is 0 Å². The smallest absolute Gasteiger partial charge is 0.229 e. The lowest BCUT2D eigenvalue weighted by Crippen LogP contribution is -2.32. The van der Waals surface area contributed by atoms with E-state index in [2.05, 4.69) is 10.0 Å². The Morgan fingerprint density at radius 3 is 2.11 bits per heavy atom. The van der Waals surface area contributed by atoms with Crippen molar-refractivity contribution in [2.24, 2.45) is 0 Å². The highest BCUT2D eigenvalue weighted by molar-refractivity contribution is 7.92. The van der Waals surface area contributed by atoms with Crippen molar-refractivity contribution in [3.63, 3.8) is 0 Å². The van der Waals surface area contributed by atoms with Crippen LogP contribution in [0.2, 0.25) is 0 Å². The first-order chi connectivity index (χ1) is 17.1. The topological polar surface area (TPSA) is 137 Å². The lowest BCUT2D eigenvalue weighted by molar-refractivity contribution is 0.167. The molecule has 0 bridgehead atoms. The van der Waals surface area contributed by atoms with E-state index in [-0.39, 0.29) is 47.7 Å². The van der Waals surface area contributed by atoms with Gasteiger partial charge in [0.2, 0.25) is 15.8 Å². The third kappa shape index (κ3) is 7.51. The molecule has 36 heavy (non-hydrogen) atoms. The van der Waals surface area contributed by atoms with Gasteiger partial charge in [-0.25, -0.2) is 8.42 Å². The van der Waals surface area contributed by atoms with Gasteiger partial charge in [0.25, 0.3) is 0 Å². The van der Waals surface area contributed by atoms with E-state index in [1.165, 1.54) is 26.4 Å². The van der Waals surface area contributed by atoms with E-state index in [0.29, 0.717) is 12.0 Å². The Morgan fingerprint density at radius 1 is 0.889 bits per heavy atom. The van der Waals surface area contributed by atoms with Gasteiger partial charge >= 0.3 is 0 Å². The minimum Gasteiger partial charge on any atom is -0.506 e. The van der Waals surface area contributed by atoms with Gasteiger partial charge in [-0.15, -0.1) is 0 Å². The molecule has 2 atom stereocenters. The third-order valence-electron chi connectivity index (χ3n) is 5.61. The summed E-state index contributed by atoms with van der Waals surface area (Å²) in [5, 5.41) is 34.4. The zero-order chi connectivity index (χ0) is 26.3. The van der Waals surface area contributed by atoms with Gasteiger partial charge in [0, 0.05) is 12.6 Å². The number of phenolic OH excluding ortho intramolecular Hbond substituents is 2. The van der Waals surface area contributed by atoms with Crippen molar-refractivity contribution < 1.29 is 33.2 Å². The van der Waals surface area contributed by atoms with Crippen LogP contribution in [0.25, 0.3) is 0 Å². The predicted molar refractivity (Wildman–Crippen MR) is 138 cm³/mol. The van der Waals surface area contributed by atoms with E-state index in [1.54, 1.807) is 18.2 Å². The van der Waals surface area contributed by atoms with Gasteiger partial charge < -0.3 is 30.1 Å². The van der Waals surface area contributed by atoms with Gasteiger partial charge in [-0.2, -0.15) is 0 Å². The molecule has 0 heterocycles. The summed E-state index contributed by atoms with van der Waals surface area (Å²) in [6, 6.07) is 17.6. The first kappa shape index (κ1) is 27.1. The van der Waals surface area contributed by atoms with Crippen LogP contribution in [-0.2, 0) is 22.9 Å². The van der Waals surface area contributed by atoms with Crippen LogP contribution in [0.5, 0.6) is 23.0 Å². The molecule has 0 spiro atoms. The average Bonchev–Trinajstić information content (AvgIpc) is 2.84. The van der Waals surface area contributed by atoms with Gasteiger partial charge in [0.1, 0.15) is 5.75 Å². The van der Waals surface area contributed by atoms with Crippen LogP contribution in [0.4, 0.5) is 5.69 Å². The average molecular weight is 517 g/mol. The number of hydrogen-bond acceptors (Lipinski definition) is 8. The number of aromatic hydroxyl groups is 2. The maximum Gasteiger partial charge on any atom is 0.229 e. The highest BCUT2D eigenvalue weighted by Crippen LogP contribution is 2.39. The summed E-state index contributed by atoms with van der Waals surface area (Å²) in [6.45, 7) is 0.221. The second-order valence-corrected chi connectivity index (χ2v) is 10.3. The molecule has 3 aromatic carbocycles. The lowest BCUT2D eigenvalue weighted by atomic mass is 9.97. The van der Waals surface area contributed by atoms with Gasteiger partial charge in [-0.1, -0.05) is 36.4 Å². The van der Waals surface area contributed by atoms with Gasteiger partial charge in [0.05, 0.1) is 32.3 Å². The number of phenols is 2. The Balaban J connectivity index is 1.79. The zero-order valence-electron chi connectivity index (χ0n) is 20.4. The predicted octanol–water partition coefficient (Wildman–Crippen LogP) is 2.96. The Bertz CT molecular complexity index is 1240. The van der Waals surface area contributed by atoms with Crippen LogP contribution in [0.1, 0.15) is 22.7 Å². The number of rotatable bonds is 12. The SMILES string of the molecule is COc1cc(C(Cc2ccccc2)NC[C@@H](O)Cc2ccc(O)c(NS(C)(=O)=O)c2)cc(OC)c1O. The summed E-state index contributed by atoms with van der Waals surface area (Å²) in [5.41, 5.74) is 2.59. The molecule has 0 aromatic heterocycles. The van der Waals surface area contributed by atoms with Crippen LogP contribution in [0.3, 0.4) is 0 Å². The lowest BCUT2D eigenvalue weighted by Gasteiger charge is -2.23. The number of sulfonamides is 1. The van der Waals surface area contributed by atoms with Crippen molar-refractivity contribution in [1.82, 2.24) is 5.32 Å². The minimum absolute atomic E-state index is 0.0559. The van der Waals surface area contributed by atoms with Crippen molar-refractivity contribution in [2.45, 2.75) is 25.0 Å². The van der Waals surface area contributed by atoms with Crippen LogP contribution in [0.15, 0.2) is 60.7 Å². The molecule has 0 radical (unpaired) electrons. The molecule has 0 saturated carbocycles. The number of aliphatic hydroxyl groups excluding tert-OH is 1. The van der Waals surface area contributed by atoms with Crippen LogP contribution in [-0.4, -0.2) is 56.9 Å². The van der Waals surface area contributed by atoms with E-state index in [4.69, 9.17) is 9.47 Å². The number of benzene rings is 3. The first-order valence-electron chi connectivity index (χ1n) is 11.3. The summed E-state index contributed by atoms with van der Waals surface area (Å²) < 4.78 is 36.0. The number of anilines is 1. The van der Waals surface area contributed by atoms with Gasteiger partial charge in [0.15, 0.2) is 11.5 Å². The second kappa shape index (κ2) is 12.0. The standard InChI is InChI=1S/C26H32N2O7S/c1-34-24-14-19(15-25(35-2)26(24)31)21(12-17-7-5-4-6-8-17)27-16-20(29)11-18-9-10-23(30)22(13-18)28-36(3,32)33/h4-10,13-15,20-21,27-31H,11-12,16H2,1-3H3/t20-,21?/m0/s1. The fourth-order valence-electron chi connectivity index (χ4n) is 3.89. The molecule has 0 saturated heterocycles. The monoisotopic (exact) mass is 516 g/mol. The summed E-state index contributed by atoms with van der Waals surface area (Å²) in [4.78, 5) is 0. The van der Waals surface area contributed by atoms with Crippen LogP contribution >= 0.6 is 0 Å². The molecule has 0 fully saturated rings. The molecular weight excluding hydrogens is 484 g/mol. The molecule has 0 amide bonds. The van der Waals surface area contributed by atoms with Crippen molar-refractivity contribution in [3.05, 3.63) is 77.4 Å². The van der Waals surface area contributed by atoms with E-state index < -0.39 is 16.1 Å². The molecule has 0 aliphatic rings. The third-order valence-corrected chi connectivity index (χ3v) is 6.21. The Kier molecular flexibility index (Phi) is 9.03. The van der Waals surface area contributed by atoms with E-state index in [1.807, 2.05) is 30.3 Å². The van der Waals surface area contributed by atoms with Gasteiger partial charge in [-0.05, 0) is 53.8 Å². The summed E-state index contributed by atoms with van der Waals surface area (Å²) >= 11 is 0.